The summed E-state index contributed by atoms with van der Waals surface area (Å²) < 4.78 is 0. The van der Waals surface area contributed by atoms with Gasteiger partial charge in [0.2, 0.25) is 11.8 Å². The number of nitrogens with two attached hydrogens (primary N) is 1. The van der Waals surface area contributed by atoms with Gasteiger partial charge in [-0.05, 0) is 43.6 Å². The SMILES string of the molecule is NC(=O)C1CCN(C(C(=O)Nc2ccccc2)c2ccccc2)CC1. The highest BCUT2D eigenvalue weighted by Crippen LogP contribution is 2.28. The lowest BCUT2D eigenvalue weighted by Gasteiger charge is -2.36. The van der Waals surface area contributed by atoms with Crippen LogP contribution in [0.5, 0.6) is 0 Å². The summed E-state index contributed by atoms with van der Waals surface area (Å²) in [6.07, 6.45) is 1.38. The molecular formula is C20H23N3O2. The standard InChI is InChI=1S/C20H23N3O2/c21-19(24)16-11-13-23(14-12-16)18(15-7-3-1-4-8-15)20(25)22-17-9-5-2-6-10-17/h1-10,16,18H,11-14H2,(H2,21,24)(H,22,25). The summed E-state index contributed by atoms with van der Waals surface area (Å²) in [6, 6.07) is 18.8. The van der Waals surface area contributed by atoms with Crippen molar-refractivity contribution in [3.63, 3.8) is 0 Å². The number of para-hydroxylation sites is 1. The number of hydrogen-bond donors (Lipinski definition) is 2. The predicted molar refractivity (Wildman–Crippen MR) is 97.7 cm³/mol. The second kappa shape index (κ2) is 7.94. The van der Waals surface area contributed by atoms with Gasteiger partial charge < -0.3 is 11.1 Å². The number of likely N-dealkylation sites (tertiary alicyclic amines) is 1. The fourth-order valence-corrected chi connectivity index (χ4v) is 3.34. The summed E-state index contributed by atoms with van der Waals surface area (Å²) in [5.74, 6) is -0.399. The minimum Gasteiger partial charge on any atom is -0.369 e. The average Bonchev–Trinajstić information content (AvgIpc) is 2.64. The zero-order valence-corrected chi connectivity index (χ0v) is 14.1. The van der Waals surface area contributed by atoms with Gasteiger partial charge in [0.1, 0.15) is 6.04 Å². The largest absolute Gasteiger partial charge is 0.369 e. The van der Waals surface area contributed by atoms with Crippen molar-refractivity contribution < 1.29 is 9.59 Å². The van der Waals surface area contributed by atoms with Crippen molar-refractivity contribution in [3.8, 4) is 0 Å². The van der Waals surface area contributed by atoms with Crippen LogP contribution in [0.3, 0.4) is 0 Å². The molecule has 0 aromatic heterocycles. The first-order valence-electron chi connectivity index (χ1n) is 8.59. The van der Waals surface area contributed by atoms with Crippen molar-refractivity contribution >= 4 is 17.5 Å². The summed E-state index contributed by atoms with van der Waals surface area (Å²) in [7, 11) is 0. The molecule has 0 saturated carbocycles. The molecule has 25 heavy (non-hydrogen) atoms. The van der Waals surface area contributed by atoms with Crippen molar-refractivity contribution in [2.24, 2.45) is 11.7 Å². The van der Waals surface area contributed by atoms with Crippen molar-refractivity contribution in [1.29, 1.82) is 0 Å². The van der Waals surface area contributed by atoms with Crippen LogP contribution in [0.15, 0.2) is 60.7 Å². The van der Waals surface area contributed by atoms with E-state index in [-0.39, 0.29) is 23.8 Å². The van der Waals surface area contributed by atoms with Gasteiger partial charge in [0.25, 0.3) is 0 Å². The fraction of sp³-hybridized carbons (Fsp3) is 0.300. The normalized spacial score (nSPS) is 17.0. The van der Waals surface area contributed by atoms with Gasteiger partial charge in [-0.1, -0.05) is 48.5 Å². The number of carbonyl (C=O) groups excluding carboxylic acids is 2. The van der Waals surface area contributed by atoms with Crippen molar-refractivity contribution in [1.82, 2.24) is 4.90 Å². The Kier molecular flexibility index (Phi) is 5.46. The lowest BCUT2D eigenvalue weighted by Crippen LogP contribution is -2.44. The number of amides is 2. The molecule has 0 aliphatic carbocycles. The number of nitrogens with zero attached hydrogens (tertiary/aromatic N) is 1. The average molecular weight is 337 g/mol. The molecule has 1 atom stereocenters. The first-order chi connectivity index (χ1) is 12.1. The molecule has 0 spiro atoms. The molecule has 1 aliphatic rings. The summed E-state index contributed by atoms with van der Waals surface area (Å²) >= 11 is 0. The van der Waals surface area contributed by atoms with Crippen molar-refractivity contribution in [3.05, 3.63) is 66.2 Å². The van der Waals surface area contributed by atoms with E-state index in [0.717, 1.165) is 11.3 Å². The monoisotopic (exact) mass is 337 g/mol. The van der Waals surface area contributed by atoms with Gasteiger partial charge in [-0.25, -0.2) is 0 Å². The van der Waals surface area contributed by atoms with E-state index in [0.29, 0.717) is 25.9 Å². The van der Waals surface area contributed by atoms with Crippen LogP contribution in [-0.4, -0.2) is 29.8 Å². The van der Waals surface area contributed by atoms with Gasteiger partial charge in [0.05, 0.1) is 0 Å². The van der Waals surface area contributed by atoms with E-state index in [2.05, 4.69) is 10.2 Å². The number of anilines is 1. The zero-order valence-electron chi connectivity index (χ0n) is 14.1. The maximum Gasteiger partial charge on any atom is 0.246 e. The Balaban J connectivity index is 1.79. The minimum atomic E-state index is -0.379. The van der Waals surface area contributed by atoms with Gasteiger partial charge in [-0.2, -0.15) is 0 Å². The molecule has 130 valence electrons. The topological polar surface area (TPSA) is 75.4 Å². The number of piperidine rings is 1. The number of nitrogens with one attached hydrogen (secondary N) is 1. The third-order valence-corrected chi connectivity index (χ3v) is 4.70. The van der Waals surface area contributed by atoms with E-state index >= 15 is 0 Å². The molecule has 5 heteroatoms. The van der Waals surface area contributed by atoms with Crippen molar-refractivity contribution in [2.45, 2.75) is 18.9 Å². The van der Waals surface area contributed by atoms with Crippen LogP contribution in [0.4, 0.5) is 5.69 Å². The Morgan fingerprint density at radius 2 is 1.52 bits per heavy atom. The van der Waals surface area contributed by atoms with Crippen LogP contribution >= 0.6 is 0 Å². The van der Waals surface area contributed by atoms with E-state index in [1.807, 2.05) is 60.7 Å². The number of hydrogen-bond acceptors (Lipinski definition) is 3. The Morgan fingerprint density at radius 3 is 2.08 bits per heavy atom. The lowest BCUT2D eigenvalue weighted by atomic mass is 9.93. The third kappa shape index (κ3) is 4.25. The molecule has 5 nitrogen and oxygen atoms in total. The molecule has 1 unspecified atom stereocenters. The van der Waals surface area contributed by atoms with Crippen molar-refractivity contribution in [2.75, 3.05) is 18.4 Å². The van der Waals surface area contributed by atoms with Gasteiger partial charge in [-0.15, -0.1) is 0 Å². The van der Waals surface area contributed by atoms with E-state index < -0.39 is 0 Å². The van der Waals surface area contributed by atoms with Crippen LogP contribution in [0.25, 0.3) is 0 Å². The van der Waals surface area contributed by atoms with Crippen LogP contribution in [-0.2, 0) is 9.59 Å². The van der Waals surface area contributed by atoms with E-state index in [1.165, 1.54) is 0 Å². The lowest BCUT2D eigenvalue weighted by molar-refractivity contribution is -0.125. The molecule has 1 heterocycles. The van der Waals surface area contributed by atoms with E-state index in [4.69, 9.17) is 5.73 Å². The third-order valence-electron chi connectivity index (χ3n) is 4.70. The number of rotatable bonds is 5. The molecular weight excluding hydrogens is 314 g/mol. The minimum absolute atomic E-state index is 0.0603. The zero-order chi connectivity index (χ0) is 17.6. The molecule has 1 saturated heterocycles. The second-order valence-electron chi connectivity index (χ2n) is 6.38. The van der Waals surface area contributed by atoms with Crippen LogP contribution < -0.4 is 11.1 Å². The Morgan fingerprint density at radius 1 is 0.960 bits per heavy atom. The number of carbonyl (C=O) groups is 2. The molecule has 0 radical (unpaired) electrons. The number of primary amides is 1. The summed E-state index contributed by atoms with van der Waals surface area (Å²) in [6.45, 7) is 1.35. The Bertz CT molecular complexity index is 710. The van der Waals surface area contributed by atoms with Crippen LogP contribution in [0, 0.1) is 5.92 Å². The summed E-state index contributed by atoms with van der Waals surface area (Å²) in [5, 5.41) is 3.00. The van der Waals surface area contributed by atoms with Gasteiger partial charge >= 0.3 is 0 Å². The highest BCUT2D eigenvalue weighted by molar-refractivity contribution is 5.95. The van der Waals surface area contributed by atoms with E-state index in [9.17, 15) is 9.59 Å². The molecule has 2 aromatic rings. The van der Waals surface area contributed by atoms with Gasteiger partial charge in [0.15, 0.2) is 0 Å². The molecule has 3 rings (SSSR count). The molecule has 2 amide bonds. The quantitative estimate of drug-likeness (QED) is 0.880. The van der Waals surface area contributed by atoms with Crippen LogP contribution in [0.1, 0.15) is 24.4 Å². The summed E-state index contributed by atoms with van der Waals surface area (Å²) in [4.78, 5) is 26.5. The number of benzene rings is 2. The summed E-state index contributed by atoms with van der Waals surface area (Å²) in [5.41, 5.74) is 7.16. The highest BCUT2D eigenvalue weighted by Gasteiger charge is 2.32. The highest BCUT2D eigenvalue weighted by atomic mass is 16.2. The van der Waals surface area contributed by atoms with Gasteiger partial charge in [-0.3, -0.25) is 14.5 Å². The predicted octanol–water partition coefficient (Wildman–Crippen LogP) is 2.56. The molecule has 3 N–H and O–H groups in total. The van der Waals surface area contributed by atoms with E-state index in [1.54, 1.807) is 0 Å². The molecule has 2 aromatic carbocycles. The molecule has 1 aliphatic heterocycles. The fourth-order valence-electron chi connectivity index (χ4n) is 3.34. The van der Waals surface area contributed by atoms with Gasteiger partial charge in [0, 0.05) is 11.6 Å². The first-order valence-corrected chi connectivity index (χ1v) is 8.59. The second-order valence-corrected chi connectivity index (χ2v) is 6.38. The van der Waals surface area contributed by atoms with Crippen LogP contribution in [0.2, 0.25) is 0 Å². The maximum atomic E-state index is 13.0. The maximum absolute atomic E-state index is 13.0. The molecule has 0 bridgehead atoms. The Labute approximate surface area is 147 Å². The smallest absolute Gasteiger partial charge is 0.246 e. The molecule has 1 fully saturated rings. The Hall–Kier alpha value is -2.66. The first kappa shape index (κ1) is 17.2.